The molecule has 0 aliphatic carbocycles. The first-order valence-electron chi connectivity index (χ1n) is 7.40. The normalized spacial score (nSPS) is 12.6. The van der Waals surface area contributed by atoms with Crippen molar-refractivity contribution in [1.29, 1.82) is 0 Å². The highest BCUT2D eigenvalue weighted by atomic mass is 79.9. The molecule has 0 aliphatic heterocycles. The minimum absolute atomic E-state index is 0.558. The van der Waals surface area contributed by atoms with Crippen molar-refractivity contribution in [3.05, 3.63) is 51.3 Å². The van der Waals surface area contributed by atoms with Crippen LogP contribution in [0.5, 0.6) is 0 Å². The fraction of sp³-hybridized carbons (Fsp3) is 0.471. The predicted molar refractivity (Wildman–Crippen MR) is 91.6 cm³/mol. The standard InChI is InChI=1S/C17H24BrN3/c1-12-7-5-6-8-15(12)9-14(11-19-3)10-16-17(18)13(2)20-21(16)4/h5-8,14,19H,9-11H2,1-4H3. The van der Waals surface area contributed by atoms with E-state index in [2.05, 4.69) is 57.5 Å². The lowest BCUT2D eigenvalue weighted by atomic mass is 9.92. The van der Waals surface area contributed by atoms with E-state index in [1.54, 1.807) is 0 Å². The van der Waals surface area contributed by atoms with Gasteiger partial charge in [0.2, 0.25) is 0 Å². The Labute approximate surface area is 135 Å². The van der Waals surface area contributed by atoms with Crippen LogP contribution in [0.2, 0.25) is 0 Å². The van der Waals surface area contributed by atoms with Gasteiger partial charge in [-0.2, -0.15) is 5.10 Å². The van der Waals surface area contributed by atoms with Crippen molar-refractivity contribution < 1.29 is 0 Å². The van der Waals surface area contributed by atoms with Crippen molar-refractivity contribution in [2.24, 2.45) is 13.0 Å². The molecule has 0 saturated heterocycles. The Morgan fingerprint density at radius 2 is 1.95 bits per heavy atom. The summed E-state index contributed by atoms with van der Waals surface area (Å²) in [5, 5.41) is 7.83. The van der Waals surface area contributed by atoms with Gasteiger partial charge in [-0.15, -0.1) is 0 Å². The summed E-state index contributed by atoms with van der Waals surface area (Å²) >= 11 is 3.68. The maximum absolute atomic E-state index is 4.50. The van der Waals surface area contributed by atoms with Crippen LogP contribution in [0.1, 0.15) is 22.5 Å². The van der Waals surface area contributed by atoms with Gasteiger partial charge in [-0.25, -0.2) is 0 Å². The third-order valence-electron chi connectivity index (χ3n) is 4.01. The predicted octanol–water partition coefficient (Wildman–Crippen LogP) is 3.42. The summed E-state index contributed by atoms with van der Waals surface area (Å²) in [6.45, 7) is 5.24. The van der Waals surface area contributed by atoms with Crippen molar-refractivity contribution in [3.8, 4) is 0 Å². The Bertz CT molecular complexity index is 604. The molecule has 0 aliphatic rings. The lowest BCUT2D eigenvalue weighted by Gasteiger charge is -2.18. The van der Waals surface area contributed by atoms with Crippen LogP contribution in [-0.4, -0.2) is 23.4 Å². The van der Waals surface area contributed by atoms with Crippen LogP contribution < -0.4 is 5.32 Å². The SMILES string of the molecule is CNCC(Cc1ccccc1C)Cc1c(Br)c(C)nn1C. The summed E-state index contributed by atoms with van der Waals surface area (Å²) in [5.41, 5.74) is 5.15. The zero-order valence-corrected chi connectivity index (χ0v) is 14.9. The minimum Gasteiger partial charge on any atom is -0.319 e. The van der Waals surface area contributed by atoms with E-state index < -0.39 is 0 Å². The van der Waals surface area contributed by atoms with Crippen molar-refractivity contribution in [2.75, 3.05) is 13.6 Å². The Morgan fingerprint density at radius 3 is 2.52 bits per heavy atom. The van der Waals surface area contributed by atoms with Gasteiger partial charge in [-0.1, -0.05) is 24.3 Å². The van der Waals surface area contributed by atoms with Crippen molar-refractivity contribution >= 4 is 15.9 Å². The van der Waals surface area contributed by atoms with E-state index >= 15 is 0 Å². The quantitative estimate of drug-likeness (QED) is 0.865. The Morgan fingerprint density at radius 1 is 1.24 bits per heavy atom. The highest BCUT2D eigenvalue weighted by Gasteiger charge is 2.17. The van der Waals surface area contributed by atoms with Crippen LogP contribution in [0.15, 0.2) is 28.7 Å². The Hall–Kier alpha value is -1.13. The largest absolute Gasteiger partial charge is 0.319 e. The number of aromatic nitrogens is 2. The van der Waals surface area contributed by atoms with Crippen LogP contribution in [-0.2, 0) is 19.9 Å². The zero-order valence-electron chi connectivity index (χ0n) is 13.3. The number of hydrogen-bond donors (Lipinski definition) is 1. The summed E-state index contributed by atoms with van der Waals surface area (Å²) in [4.78, 5) is 0. The van der Waals surface area contributed by atoms with Gasteiger partial charge < -0.3 is 5.32 Å². The monoisotopic (exact) mass is 349 g/mol. The van der Waals surface area contributed by atoms with Gasteiger partial charge in [0.15, 0.2) is 0 Å². The molecule has 4 heteroatoms. The Balaban J connectivity index is 2.18. The first kappa shape index (κ1) is 16.2. The topological polar surface area (TPSA) is 29.9 Å². The summed E-state index contributed by atoms with van der Waals surface area (Å²) in [7, 11) is 4.05. The average Bonchev–Trinajstić information content (AvgIpc) is 2.68. The molecule has 2 rings (SSSR count). The van der Waals surface area contributed by atoms with Gasteiger partial charge >= 0.3 is 0 Å². The minimum atomic E-state index is 0.558. The number of hydrogen-bond acceptors (Lipinski definition) is 2. The fourth-order valence-electron chi connectivity index (χ4n) is 2.83. The molecule has 114 valence electrons. The molecule has 0 saturated carbocycles. The summed E-state index contributed by atoms with van der Waals surface area (Å²) < 4.78 is 3.15. The lowest BCUT2D eigenvalue weighted by Crippen LogP contribution is -2.24. The van der Waals surface area contributed by atoms with Gasteiger partial charge in [0, 0.05) is 7.05 Å². The molecule has 0 spiro atoms. The first-order valence-corrected chi connectivity index (χ1v) is 8.19. The zero-order chi connectivity index (χ0) is 15.4. The number of nitrogens with one attached hydrogen (secondary N) is 1. The smallest absolute Gasteiger partial charge is 0.0738 e. The number of aryl methyl sites for hydroxylation is 3. The average molecular weight is 350 g/mol. The molecule has 1 aromatic heterocycles. The van der Waals surface area contributed by atoms with E-state index in [0.717, 1.165) is 29.6 Å². The van der Waals surface area contributed by atoms with E-state index in [9.17, 15) is 0 Å². The lowest BCUT2D eigenvalue weighted by molar-refractivity contribution is 0.475. The van der Waals surface area contributed by atoms with Gasteiger partial charge in [0.25, 0.3) is 0 Å². The molecule has 3 nitrogen and oxygen atoms in total. The second-order valence-electron chi connectivity index (χ2n) is 5.73. The van der Waals surface area contributed by atoms with E-state index in [1.165, 1.54) is 16.8 Å². The van der Waals surface area contributed by atoms with E-state index in [1.807, 2.05) is 25.7 Å². The number of rotatable bonds is 6. The molecule has 2 aromatic rings. The molecule has 21 heavy (non-hydrogen) atoms. The molecule has 1 unspecified atom stereocenters. The number of benzene rings is 1. The molecule has 0 bridgehead atoms. The first-order chi connectivity index (χ1) is 10.0. The van der Waals surface area contributed by atoms with Crippen LogP contribution in [0, 0.1) is 19.8 Å². The van der Waals surface area contributed by atoms with Crippen molar-refractivity contribution in [1.82, 2.24) is 15.1 Å². The second kappa shape index (κ2) is 7.23. The van der Waals surface area contributed by atoms with E-state index in [4.69, 9.17) is 0 Å². The van der Waals surface area contributed by atoms with Crippen LogP contribution >= 0.6 is 15.9 Å². The van der Waals surface area contributed by atoms with Crippen molar-refractivity contribution in [2.45, 2.75) is 26.7 Å². The fourth-order valence-corrected chi connectivity index (χ4v) is 3.33. The second-order valence-corrected chi connectivity index (χ2v) is 6.52. The van der Waals surface area contributed by atoms with E-state index in [-0.39, 0.29) is 0 Å². The summed E-state index contributed by atoms with van der Waals surface area (Å²) in [5.74, 6) is 0.558. The molecule has 1 heterocycles. The molecular weight excluding hydrogens is 326 g/mol. The highest BCUT2D eigenvalue weighted by molar-refractivity contribution is 9.10. The maximum Gasteiger partial charge on any atom is 0.0738 e. The summed E-state index contributed by atoms with van der Waals surface area (Å²) in [6, 6.07) is 8.66. The van der Waals surface area contributed by atoms with Gasteiger partial charge in [0.1, 0.15) is 0 Å². The molecule has 1 N–H and O–H groups in total. The van der Waals surface area contributed by atoms with Crippen LogP contribution in [0.25, 0.3) is 0 Å². The van der Waals surface area contributed by atoms with Gasteiger partial charge in [-0.3, -0.25) is 4.68 Å². The third kappa shape index (κ3) is 3.95. The Kier molecular flexibility index (Phi) is 5.59. The third-order valence-corrected chi connectivity index (χ3v) is 5.04. The van der Waals surface area contributed by atoms with Crippen LogP contribution in [0.4, 0.5) is 0 Å². The van der Waals surface area contributed by atoms with Crippen molar-refractivity contribution in [3.63, 3.8) is 0 Å². The number of nitrogens with zero attached hydrogens (tertiary/aromatic N) is 2. The van der Waals surface area contributed by atoms with Crippen LogP contribution in [0.3, 0.4) is 0 Å². The maximum atomic E-state index is 4.50. The molecule has 1 atom stereocenters. The van der Waals surface area contributed by atoms with E-state index in [0.29, 0.717) is 5.92 Å². The van der Waals surface area contributed by atoms with Gasteiger partial charge in [-0.05, 0) is 73.3 Å². The highest BCUT2D eigenvalue weighted by Crippen LogP contribution is 2.24. The number of halogens is 1. The molecule has 1 aromatic carbocycles. The summed E-state index contributed by atoms with van der Waals surface area (Å²) in [6.07, 6.45) is 2.11. The molecule has 0 fully saturated rings. The molecule has 0 radical (unpaired) electrons. The van der Waals surface area contributed by atoms with Gasteiger partial charge in [0.05, 0.1) is 15.9 Å². The molecular formula is C17H24BrN3. The molecule has 0 amide bonds.